The zero-order valence-corrected chi connectivity index (χ0v) is 15.3. The van der Waals surface area contributed by atoms with Crippen molar-refractivity contribution in [3.63, 3.8) is 0 Å². The van der Waals surface area contributed by atoms with Crippen LogP contribution in [0.25, 0.3) is 0 Å². The summed E-state index contributed by atoms with van der Waals surface area (Å²) >= 11 is 0. The lowest BCUT2D eigenvalue weighted by atomic mass is 10.0. The highest BCUT2D eigenvalue weighted by atomic mass is 16.5. The number of rotatable bonds is 9. The van der Waals surface area contributed by atoms with Crippen molar-refractivity contribution in [1.82, 2.24) is 10.6 Å². The van der Waals surface area contributed by atoms with Crippen LogP contribution in [0.15, 0.2) is 54.6 Å². The first-order valence-electron chi connectivity index (χ1n) is 8.64. The standard InChI is InChI=1S/C20H20N2O7/c23-17(11-21-20(28)29-12-14-4-2-1-3-5-14)22-16(19(26)27)10-13-6-8-15(9-7-13)18(24)25/h1-9,16H,10-12H2,(H,21,28)(H,22,23)(H,24,25)(H,26,27)/t16-/m1/s1. The second-order valence-electron chi connectivity index (χ2n) is 6.08. The number of carboxylic acids is 2. The lowest BCUT2D eigenvalue weighted by molar-refractivity contribution is -0.141. The Kier molecular flexibility index (Phi) is 7.72. The largest absolute Gasteiger partial charge is 0.480 e. The summed E-state index contributed by atoms with van der Waals surface area (Å²) < 4.78 is 4.96. The number of hydrogen-bond donors (Lipinski definition) is 4. The van der Waals surface area contributed by atoms with Gasteiger partial charge >= 0.3 is 18.0 Å². The Balaban J connectivity index is 1.80. The van der Waals surface area contributed by atoms with Crippen molar-refractivity contribution in [2.45, 2.75) is 19.1 Å². The van der Waals surface area contributed by atoms with E-state index in [0.717, 1.165) is 5.56 Å². The second-order valence-corrected chi connectivity index (χ2v) is 6.08. The van der Waals surface area contributed by atoms with Gasteiger partial charge in [0.15, 0.2) is 0 Å². The molecule has 4 N–H and O–H groups in total. The molecule has 2 amide bonds. The van der Waals surface area contributed by atoms with Crippen molar-refractivity contribution in [3.8, 4) is 0 Å². The molecule has 152 valence electrons. The van der Waals surface area contributed by atoms with Crippen LogP contribution in [0.2, 0.25) is 0 Å². The number of nitrogens with one attached hydrogen (secondary N) is 2. The van der Waals surface area contributed by atoms with Crippen LogP contribution in [-0.2, 0) is 27.4 Å². The summed E-state index contributed by atoms with van der Waals surface area (Å²) in [6, 6.07) is 13.4. The fourth-order valence-electron chi connectivity index (χ4n) is 2.39. The van der Waals surface area contributed by atoms with Crippen LogP contribution in [0.1, 0.15) is 21.5 Å². The second kappa shape index (κ2) is 10.5. The highest BCUT2D eigenvalue weighted by Gasteiger charge is 2.21. The van der Waals surface area contributed by atoms with E-state index in [1.165, 1.54) is 24.3 Å². The molecule has 29 heavy (non-hydrogen) atoms. The number of hydrogen-bond acceptors (Lipinski definition) is 5. The summed E-state index contributed by atoms with van der Waals surface area (Å²) in [7, 11) is 0. The maximum Gasteiger partial charge on any atom is 0.407 e. The molecule has 2 aromatic carbocycles. The van der Waals surface area contributed by atoms with Gasteiger partial charge in [0.05, 0.1) is 5.56 Å². The van der Waals surface area contributed by atoms with Crippen LogP contribution < -0.4 is 10.6 Å². The number of ether oxygens (including phenoxy) is 1. The number of aromatic carboxylic acids is 1. The zero-order valence-electron chi connectivity index (χ0n) is 15.3. The predicted molar refractivity (Wildman–Crippen MR) is 101 cm³/mol. The summed E-state index contributed by atoms with van der Waals surface area (Å²) in [6.45, 7) is -0.409. The Hall–Kier alpha value is -3.88. The molecule has 0 aliphatic rings. The Morgan fingerprint density at radius 1 is 0.897 bits per heavy atom. The van der Waals surface area contributed by atoms with E-state index in [1.807, 2.05) is 6.07 Å². The van der Waals surface area contributed by atoms with E-state index in [1.54, 1.807) is 24.3 Å². The van der Waals surface area contributed by atoms with Crippen molar-refractivity contribution in [2.75, 3.05) is 6.54 Å². The minimum atomic E-state index is -1.26. The van der Waals surface area contributed by atoms with Gasteiger partial charge in [-0.05, 0) is 23.3 Å². The van der Waals surface area contributed by atoms with Crippen LogP contribution in [-0.4, -0.2) is 46.7 Å². The monoisotopic (exact) mass is 400 g/mol. The topological polar surface area (TPSA) is 142 Å². The van der Waals surface area contributed by atoms with E-state index < -0.39 is 36.5 Å². The number of benzene rings is 2. The molecule has 0 unspecified atom stereocenters. The molecular formula is C20H20N2O7. The van der Waals surface area contributed by atoms with Crippen LogP contribution in [0.4, 0.5) is 4.79 Å². The van der Waals surface area contributed by atoms with Crippen LogP contribution >= 0.6 is 0 Å². The normalized spacial score (nSPS) is 11.2. The van der Waals surface area contributed by atoms with Crippen molar-refractivity contribution in [1.29, 1.82) is 0 Å². The summed E-state index contributed by atoms with van der Waals surface area (Å²) in [5.74, 6) is -3.05. The minimum absolute atomic E-state index is 0.0401. The van der Waals surface area contributed by atoms with Crippen LogP contribution in [0.5, 0.6) is 0 Å². The summed E-state index contributed by atoms with van der Waals surface area (Å²) in [6.07, 6.45) is -0.848. The minimum Gasteiger partial charge on any atom is -0.480 e. The number of alkyl carbamates (subject to hydrolysis) is 1. The smallest absolute Gasteiger partial charge is 0.407 e. The lowest BCUT2D eigenvalue weighted by Crippen LogP contribution is -2.46. The molecule has 2 rings (SSSR count). The third-order valence-electron chi connectivity index (χ3n) is 3.88. The average molecular weight is 400 g/mol. The Morgan fingerprint density at radius 2 is 1.55 bits per heavy atom. The van der Waals surface area contributed by atoms with Crippen molar-refractivity contribution in [2.24, 2.45) is 0 Å². The van der Waals surface area contributed by atoms with Gasteiger partial charge in [-0.25, -0.2) is 14.4 Å². The first-order valence-corrected chi connectivity index (χ1v) is 8.64. The molecule has 2 aromatic rings. The van der Waals surface area contributed by atoms with E-state index in [9.17, 15) is 24.3 Å². The van der Waals surface area contributed by atoms with Gasteiger partial charge in [-0.15, -0.1) is 0 Å². The number of carbonyl (C=O) groups excluding carboxylic acids is 2. The SMILES string of the molecule is O=C(CNC(=O)OCc1ccccc1)N[C@H](Cc1ccc(C(=O)O)cc1)C(=O)O. The fourth-order valence-corrected chi connectivity index (χ4v) is 2.39. The molecule has 0 aliphatic heterocycles. The lowest BCUT2D eigenvalue weighted by Gasteiger charge is -2.15. The molecule has 0 aromatic heterocycles. The maximum absolute atomic E-state index is 11.9. The third kappa shape index (κ3) is 7.33. The number of carboxylic acid groups (broad SMARTS) is 2. The van der Waals surface area contributed by atoms with E-state index in [0.29, 0.717) is 5.56 Å². The Labute approximate surface area is 166 Å². The maximum atomic E-state index is 11.9. The van der Waals surface area contributed by atoms with Crippen molar-refractivity contribution < 1.29 is 34.1 Å². The summed E-state index contributed by atoms with van der Waals surface area (Å²) in [5.41, 5.74) is 1.40. The van der Waals surface area contributed by atoms with Gasteiger partial charge < -0.3 is 25.6 Å². The fraction of sp³-hybridized carbons (Fsp3) is 0.200. The van der Waals surface area contributed by atoms with E-state index in [4.69, 9.17) is 9.84 Å². The highest BCUT2D eigenvalue weighted by molar-refractivity contribution is 5.88. The molecule has 0 fully saturated rings. The van der Waals surface area contributed by atoms with E-state index in [2.05, 4.69) is 10.6 Å². The first-order chi connectivity index (χ1) is 13.8. The van der Waals surface area contributed by atoms with Crippen molar-refractivity contribution >= 4 is 23.9 Å². The first kappa shape index (κ1) is 21.4. The molecule has 0 spiro atoms. The molecule has 0 saturated carbocycles. The molecule has 9 nitrogen and oxygen atoms in total. The van der Waals surface area contributed by atoms with Crippen LogP contribution in [0.3, 0.4) is 0 Å². The third-order valence-corrected chi connectivity index (χ3v) is 3.88. The van der Waals surface area contributed by atoms with Gasteiger partial charge in [-0.1, -0.05) is 42.5 Å². The summed E-state index contributed by atoms with van der Waals surface area (Å²) in [4.78, 5) is 45.8. The Bertz CT molecular complexity index is 866. The van der Waals surface area contributed by atoms with Gasteiger partial charge in [-0.2, -0.15) is 0 Å². The van der Waals surface area contributed by atoms with E-state index >= 15 is 0 Å². The quantitative estimate of drug-likeness (QED) is 0.499. The molecule has 0 bridgehead atoms. The molecular weight excluding hydrogens is 380 g/mol. The highest BCUT2D eigenvalue weighted by Crippen LogP contribution is 2.07. The van der Waals surface area contributed by atoms with Gasteiger partial charge in [0.25, 0.3) is 0 Å². The molecule has 9 heteroatoms. The summed E-state index contributed by atoms with van der Waals surface area (Å²) in [5, 5.41) is 22.7. The van der Waals surface area contributed by atoms with Gasteiger partial charge in [0, 0.05) is 6.42 Å². The predicted octanol–water partition coefficient (Wildman–Crippen LogP) is 1.42. The van der Waals surface area contributed by atoms with Gasteiger partial charge in [0.1, 0.15) is 19.2 Å². The number of carbonyl (C=O) groups is 4. The zero-order chi connectivity index (χ0) is 21.2. The molecule has 0 radical (unpaired) electrons. The van der Waals surface area contributed by atoms with E-state index in [-0.39, 0.29) is 18.6 Å². The van der Waals surface area contributed by atoms with Crippen LogP contribution in [0, 0.1) is 0 Å². The number of aliphatic carboxylic acids is 1. The van der Waals surface area contributed by atoms with Crippen molar-refractivity contribution in [3.05, 3.63) is 71.3 Å². The Morgan fingerprint density at radius 3 is 2.14 bits per heavy atom. The average Bonchev–Trinajstić information content (AvgIpc) is 2.71. The van der Waals surface area contributed by atoms with Gasteiger partial charge in [-0.3, -0.25) is 4.79 Å². The molecule has 0 saturated heterocycles. The number of amides is 2. The molecule has 1 atom stereocenters. The van der Waals surface area contributed by atoms with Gasteiger partial charge in [0.2, 0.25) is 5.91 Å². The molecule has 0 aliphatic carbocycles. The molecule has 0 heterocycles.